The van der Waals surface area contributed by atoms with E-state index in [-0.39, 0.29) is 11.4 Å². The Morgan fingerprint density at radius 3 is 2.90 bits per heavy atom. The van der Waals surface area contributed by atoms with Gasteiger partial charge in [-0.15, -0.1) is 0 Å². The van der Waals surface area contributed by atoms with E-state index in [1.165, 1.54) is 6.42 Å². The van der Waals surface area contributed by atoms with Crippen molar-refractivity contribution in [1.29, 1.82) is 0 Å². The van der Waals surface area contributed by atoms with E-state index in [1.807, 2.05) is 12.1 Å². The highest BCUT2D eigenvalue weighted by molar-refractivity contribution is 5.97. The van der Waals surface area contributed by atoms with Crippen molar-refractivity contribution in [3.63, 3.8) is 0 Å². The molecule has 0 aromatic heterocycles. The quantitative estimate of drug-likeness (QED) is 0.887. The second kappa shape index (κ2) is 6.27. The summed E-state index contributed by atoms with van der Waals surface area (Å²) in [6, 6.07) is 7.28. The van der Waals surface area contributed by atoms with Crippen LogP contribution in [0.4, 0.5) is 0 Å². The van der Waals surface area contributed by atoms with Crippen LogP contribution in [0.5, 0.6) is 5.75 Å². The van der Waals surface area contributed by atoms with E-state index in [1.54, 1.807) is 19.2 Å². The number of ether oxygens (including phenoxy) is 1. The predicted molar refractivity (Wildman–Crippen MR) is 79.9 cm³/mol. The Hall–Kier alpha value is -1.55. The van der Waals surface area contributed by atoms with E-state index in [9.17, 15) is 4.79 Å². The van der Waals surface area contributed by atoms with Gasteiger partial charge in [-0.05, 0) is 30.9 Å². The molecule has 0 bridgehead atoms. The van der Waals surface area contributed by atoms with Crippen molar-refractivity contribution in [2.24, 2.45) is 11.7 Å². The molecule has 3 N–H and O–H groups in total. The number of para-hydroxylation sites is 1. The van der Waals surface area contributed by atoms with Gasteiger partial charge in [-0.25, -0.2) is 0 Å². The normalized spacial score (nSPS) is 26.1. The number of hydrogen-bond acceptors (Lipinski definition) is 3. The molecule has 1 aromatic carbocycles. The van der Waals surface area contributed by atoms with E-state index in [2.05, 4.69) is 12.2 Å². The minimum absolute atomic E-state index is 0.0954. The number of carbonyl (C=O) groups is 1. The second-order valence-electron chi connectivity index (χ2n) is 5.84. The minimum Gasteiger partial charge on any atom is -0.496 e. The van der Waals surface area contributed by atoms with Crippen molar-refractivity contribution in [1.82, 2.24) is 5.32 Å². The summed E-state index contributed by atoms with van der Waals surface area (Å²) in [7, 11) is 1.58. The topological polar surface area (TPSA) is 64.3 Å². The van der Waals surface area contributed by atoms with Gasteiger partial charge in [0, 0.05) is 6.54 Å². The van der Waals surface area contributed by atoms with Crippen LogP contribution in [0.25, 0.3) is 0 Å². The first-order valence-corrected chi connectivity index (χ1v) is 7.26. The lowest BCUT2D eigenvalue weighted by molar-refractivity contribution is 0.0851. The molecule has 4 heteroatoms. The van der Waals surface area contributed by atoms with Gasteiger partial charge in [0.15, 0.2) is 0 Å². The van der Waals surface area contributed by atoms with Crippen LogP contribution in [-0.2, 0) is 0 Å². The maximum atomic E-state index is 12.5. The van der Waals surface area contributed by atoms with Gasteiger partial charge in [-0.1, -0.05) is 31.9 Å². The molecule has 1 aliphatic rings. The number of amides is 1. The smallest absolute Gasteiger partial charge is 0.255 e. The van der Waals surface area contributed by atoms with Crippen molar-refractivity contribution < 1.29 is 9.53 Å². The van der Waals surface area contributed by atoms with Crippen molar-refractivity contribution >= 4 is 5.91 Å². The molecule has 2 atom stereocenters. The van der Waals surface area contributed by atoms with Crippen LogP contribution in [0, 0.1) is 5.92 Å². The zero-order chi connectivity index (χ0) is 14.6. The summed E-state index contributed by atoms with van der Waals surface area (Å²) in [6.45, 7) is 2.71. The lowest BCUT2D eigenvalue weighted by Gasteiger charge is -2.40. The third kappa shape index (κ3) is 3.12. The Bertz CT molecular complexity index is 475. The maximum Gasteiger partial charge on any atom is 0.255 e. The van der Waals surface area contributed by atoms with Crippen molar-refractivity contribution in [3.05, 3.63) is 29.8 Å². The molecule has 2 rings (SSSR count). The summed E-state index contributed by atoms with van der Waals surface area (Å²) in [5.74, 6) is 1.10. The standard InChI is InChI=1S/C16H24N2O2/c1-12-6-5-9-16(10-12,11-17)18-15(19)13-7-3-4-8-14(13)20-2/h3-4,7-8,12H,5-6,9-11,17H2,1-2H3,(H,18,19). The summed E-state index contributed by atoms with van der Waals surface area (Å²) in [5.41, 5.74) is 6.25. The molecule has 1 aromatic rings. The Kier molecular flexibility index (Phi) is 4.65. The van der Waals surface area contributed by atoms with E-state index in [4.69, 9.17) is 10.5 Å². The Morgan fingerprint density at radius 1 is 1.50 bits per heavy atom. The highest BCUT2D eigenvalue weighted by atomic mass is 16.5. The van der Waals surface area contributed by atoms with Crippen molar-refractivity contribution in [2.75, 3.05) is 13.7 Å². The van der Waals surface area contributed by atoms with E-state index < -0.39 is 0 Å². The molecule has 1 amide bonds. The fraction of sp³-hybridized carbons (Fsp3) is 0.562. The molecule has 1 aliphatic carbocycles. The predicted octanol–water partition coefficient (Wildman–Crippen LogP) is 2.33. The number of carbonyl (C=O) groups excluding carboxylic acids is 1. The fourth-order valence-corrected chi connectivity index (χ4v) is 3.15. The van der Waals surface area contributed by atoms with Crippen LogP contribution < -0.4 is 15.8 Å². The largest absolute Gasteiger partial charge is 0.496 e. The number of nitrogens with two attached hydrogens (primary N) is 1. The van der Waals surface area contributed by atoms with Crippen LogP contribution in [0.1, 0.15) is 43.0 Å². The summed E-state index contributed by atoms with van der Waals surface area (Å²) < 4.78 is 5.25. The molecular formula is C16H24N2O2. The molecule has 0 radical (unpaired) electrons. The number of benzene rings is 1. The average molecular weight is 276 g/mol. The summed E-state index contributed by atoms with van der Waals surface area (Å²) >= 11 is 0. The van der Waals surface area contributed by atoms with Gasteiger partial charge in [0.2, 0.25) is 0 Å². The van der Waals surface area contributed by atoms with Gasteiger partial charge in [-0.3, -0.25) is 4.79 Å². The molecule has 0 aliphatic heterocycles. The van der Waals surface area contributed by atoms with Gasteiger partial charge in [-0.2, -0.15) is 0 Å². The lowest BCUT2D eigenvalue weighted by Crippen LogP contribution is -2.56. The summed E-state index contributed by atoms with van der Waals surface area (Å²) in [5, 5.41) is 3.16. The van der Waals surface area contributed by atoms with Crippen LogP contribution in [0.15, 0.2) is 24.3 Å². The highest BCUT2D eigenvalue weighted by Crippen LogP contribution is 2.32. The van der Waals surface area contributed by atoms with Crippen LogP contribution in [-0.4, -0.2) is 25.1 Å². The second-order valence-corrected chi connectivity index (χ2v) is 5.84. The highest BCUT2D eigenvalue weighted by Gasteiger charge is 2.35. The number of methoxy groups -OCH3 is 1. The molecule has 1 fully saturated rings. The molecule has 4 nitrogen and oxygen atoms in total. The number of hydrogen-bond donors (Lipinski definition) is 2. The average Bonchev–Trinajstić information content (AvgIpc) is 2.47. The summed E-state index contributed by atoms with van der Waals surface area (Å²) in [6.07, 6.45) is 4.23. The molecular weight excluding hydrogens is 252 g/mol. The SMILES string of the molecule is COc1ccccc1C(=O)NC1(CN)CCCC(C)C1. The van der Waals surface area contributed by atoms with Crippen molar-refractivity contribution in [3.8, 4) is 5.75 Å². The monoisotopic (exact) mass is 276 g/mol. The first kappa shape index (κ1) is 14.9. The van der Waals surface area contributed by atoms with Gasteiger partial charge in [0.1, 0.15) is 5.75 Å². The molecule has 110 valence electrons. The Balaban J connectivity index is 2.17. The minimum atomic E-state index is -0.268. The number of rotatable bonds is 4. The first-order chi connectivity index (χ1) is 9.60. The fourth-order valence-electron chi connectivity index (χ4n) is 3.15. The molecule has 0 heterocycles. The van der Waals surface area contributed by atoms with E-state index in [0.29, 0.717) is 23.8 Å². The van der Waals surface area contributed by atoms with E-state index in [0.717, 1.165) is 19.3 Å². The molecule has 0 saturated heterocycles. The molecule has 20 heavy (non-hydrogen) atoms. The lowest BCUT2D eigenvalue weighted by atomic mass is 9.76. The molecule has 0 spiro atoms. The van der Waals surface area contributed by atoms with Gasteiger partial charge in [0.05, 0.1) is 18.2 Å². The van der Waals surface area contributed by atoms with Crippen LogP contribution >= 0.6 is 0 Å². The summed E-state index contributed by atoms with van der Waals surface area (Å²) in [4.78, 5) is 12.5. The van der Waals surface area contributed by atoms with Gasteiger partial charge >= 0.3 is 0 Å². The van der Waals surface area contributed by atoms with Crippen molar-refractivity contribution in [2.45, 2.75) is 38.1 Å². The molecule has 1 saturated carbocycles. The van der Waals surface area contributed by atoms with Crippen LogP contribution in [0.3, 0.4) is 0 Å². The molecule has 2 unspecified atom stereocenters. The van der Waals surface area contributed by atoms with Gasteiger partial charge in [0.25, 0.3) is 5.91 Å². The van der Waals surface area contributed by atoms with Gasteiger partial charge < -0.3 is 15.8 Å². The maximum absolute atomic E-state index is 12.5. The van der Waals surface area contributed by atoms with Crippen LogP contribution in [0.2, 0.25) is 0 Å². The zero-order valence-corrected chi connectivity index (χ0v) is 12.3. The Morgan fingerprint density at radius 2 is 2.25 bits per heavy atom. The Labute approximate surface area is 120 Å². The third-order valence-corrected chi connectivity index (χ3v) is 4.21. The zero-order valence-electron chi connectivity index (χ0n) is 12.3. The number of nitrogens with one attached hydrogen (secondary N) is 1. The first-order valence-electron chi connectivity index (χ1n) is 7.26. The third-order valence-electron chi connectivity index (χ3n) is 4.21. The van der Waals surface area contributed by atoms with E-state index >= 15 is 0 Å².